The number of methoxy groups -OCH3 is 1. The van der Waals surface area contributed by atoms with Crippen LogP contribution in [0.1, 0.15) is 44.1 Å². The van der Waals surface area contributed by atoms with E-state index in [0.717, 1.165) is 43.4 Å². The quantitative estimate of drug-likeness (QED) is 0.845. The third-order valence-electron chi connectivity index (χ3n) is 4.38. The van der Waals surface area contributed by atoms with Gasteiger partial charge < -0.3 is 14.9 Å². The lowest BCUT2D eigenvalue weighted by Crippen LogP contribution is -2.36. The van der Waals surface area contributed by atoms with Crippen LogP contribution in [0.15, 0.2) is 24.3 Å². The van der Waals surface area contributed by atoms with Crippen LogP contribution < -0.4 is 4.74 Å². The van der Waals surface area contributed by atoms with E-state index in [2.05, 4.69) is 0 Å². The van der Waals surface area contributed by atoms with Crippen LogP contribution in [0.5, 0.6) is 5.75 Å². The van der Waals surface area contributed by atoms with Gasteiger partial charge in [0, 0.05) is 0 Å². The number of aliphatic hydroxyl groups is 1. The Morgan fingerprint density at radius 2 is 2.05 bits per heavy atom. The van der Waals surface area contributed by atoms with Crippen molar-refractivity contribution in [2.24, 2.45) is 5.92 Å². The molecule has 1 aromatic carbocycles. The second-order valence-corrected chi connectivity index (χ2v) is 6.08. The highest BCUT2D eigenvalue weighted by Gasteiger charge is 2.34. The standard InChI is InChI=1S/C17H24O4/c1-21-15-7-5-6-13(11-15)10-14(16(18)19)12-17(20)8-3-2-4-9-17/h5-7,11,14,20H,2-4,8-10,12H2,1H3,(H,18,19). The van der Waals surface area contributed by atoms with Crippen LogP contribution in [-0.2, 0) is 11.2 Å². The van der Waals surface area contributed by atoms with Crippen molar-refractivity contribution in [1.29, 1.82) is 0 Å². The summed E-state index contributed by atoms with van der Waals surface area (Å²) < 4.78 is 5.17. The molecule has 1 aliphatic carbocycles. The number of carbonyl (C=O) groups is 1. The molecule has 4 heteroatoms. The van der Waals surface area contributed by atoms with Crippen molar-refractivity contribution in [2.75, 3.05) is 7.11 Å². The van der Waals surface area contributed by atoms with E-state index in [1.54, 1.807) is 7.11 Å². The number of benzene rings is 1. The van der Waals surface area contributed by atoms with Crippen LogP contribution >= 0.6 is 0 Å². The molecule has 0 bridgehead atoms. The molecule has 2 rings (SSSR count). The van der Waals surface area contributed by atoms with Gasteiger partial charge in [0.15, 0.2) is 0 Å². The van der Waals surface area contributed by atoms with Gasteiger partial charge in [0.2, 0.25) is 0 Å². The molecule has 0 radical (unpaired) electrons. The van der Waals surface area contributed by atoms with Crippen LogP contribution in [-0.4, -0.2) is 28.9 Å². The van der Waals surface area contributed by atoms with E-state index in [9.17, 15) is 15.0 Å². The molecule has 0 aromatic heterocycles. The minimum absolute atomic E-state index is 0.333. The topological polar surface area (TPSA) is 66.8 Å². The van der Waals surface area contributed by atoms with Gasteiger partial charge in [0.05, 0.1) is 18.6 Å². The van der Waals surface area contributed by atoms with Crippen LogP contribution in [0.25, 0.3) is 0 Å². The number of ether oxygens (including phenoxy) is 1. The predicted octanol–water partition coefficient (Wildman–Crippen LogP) is 3.02. The fraction of sp³-hybridized carbons (Fsp3) is 0.588. The van der Waals surface area contributed by atoms with E-state index in [4.69, 9.17) is 4.74 Å². The van der Waals surface area contributed by atoms with Gasteiger partial charge in [-0.2, -0.15) is 0 Å². The summed E-state index contributed by atoms with van der Waals surface area (Å²) in [5, 5.41) is 20.0. The normalized spacial score (nSPS) is 19.0. The van der Waals surface area contributed by atoms with Gasteiger partial charge in [-0.15, -0.1) is 0 Å². The van der Waals surface area contributed by atoms with Gasteiger partial charge in [-0.25, -0.2) is 0 Å². The van der Waals surface area contributed by atoms with E-state index in [-0.39, 0.29) is 0 Å². The van der Waals surface area contributed by atoms with E-state index >= 15 is 0 Å². The van der Waals surface area contributed by atoms with Gasteiger partial charge in [0.25, 0.3) is 0 Å². The molecule has 1 fully saturated rings. The first-order chi connectivity index (χ1) is 10.0. The first kappa shape index (κ1) is 15.8. The summed E-state index contributed by atoms with van der Waals surface area (Å²) in [5.41, 5.74) is 0.126. The third-order valence-corrected chi connectivity index (χ3v) is 4.38. The maximum atomic E-state index is 11.5. The fourth-order valence-corrected chi connectivity index (χ4v) is 3.20. The van der Waals surface area contributed by atoms with E-state index < -0.39 is 17.5 Å². The molecule has 0 amide bonds. The number of aliphatic carboxylic acids is 1. The molecule has 4 nitrogen and oxygen atoms in total. The molecule has 0 aliphatic heterocycles. The number of hydrogen-bond acceptors (Lipinski definition) is 3. The summed E-state index contributed by atoms with van der Waals surface area (Å²) in [7, 11) is 1.60. The Labute approximate surface area is 125 Å². The van der Waals surface area contributed by atoms with Crippen molar-refractivity contribution in [2.45, 2.75) is 50.5 Å². The molecule has 21 heavy (non-hydrogen) atoms. The highest BCUT2D eigenvalue weighted by Crippen LogP contribution is 2.34. The van der Waals surface area contributed by atoms with Gasteiger partial charge in [-0.1, -0.05) is 31.4 Å². The number of carboxylic acid groups (broad SMARTS) is 1. The fourth-order valence-electron chi connectivity index (χ4n) is 3.20. The molecule has 0 saturated heterocycles. The highest BCUT2D eigenvalue weighted by molar-refractivity contribution is 5.70. The zero-order valence-electron chi connectivity index (χ0n) is 12.5. The predicted molar refractivity (Wildman–Crippen MR) is 80.5 cm³/mol. The summed E-state index contributed by atoms with van der Waals surface area (Å²) in [5.74, 6) is -0.662. The Hall–Kier alpha value is -1.55. The lowest BCUT2D eigenvalue weighted by atomic mass is 9.77. The largest absolute Gasteiger partial charge is 0.497 e. The molecule has 116 valence electrons. The minimum Gasteiger partial charge on any atom is -0.497 e. The molecule has 1 unspecified atom stereocenters. The van der Waals surface area contributed by atoms with Crippen molar-refractivity contribution in [3.05, 3.63) is 29.8 Å². The summed E-state index contributed by atoms with van der Waals surface area (Å²) >= 11 is 0. The Morgan fingerprint density at radius 1 is 1.33 bits per heavy atom. The summed E-state index contributed by atoms with van der Waals surface area (Å²) in [6.45, 7) is 0. The maximum absolute atomic E-state index is 11.5. The Balaban J connectivity index is 2.06. The third kappa shape index (κ3) is 4.46. The molecule has 1 aromatic rings. The maximum Gasteiger partial charge on any atom is 0.306 e. The van der Waals surface area contributed by atoms with Crippen LogP contribution in [0.2, 0.25) is 0 Å². The Kier molecular flexibility index (Phi) is 5.23. The number of hydrogen-bond donors (Lipinski definition) is 2. The summed E-state index contributed by atoms with van der Waals surface area (Å²) in [6.07, 6.45) is 5.30. The number of carboxylic acids is 1. The van der Waals surface area contributed by atoms with Gasteiger partial charge in [0.1, 0.15) is 5.75 Å². The average molecular weight is 292 g/mol. The average Bonchev–Trinajstić information content (AvgIpc) is 2.47. The van der Waals surface area contributed by atoms with E-state index in [1.165, 1.54) is 0 Å². The molecule has 2 N–H and O–H groups in total. The second kappa shape index (κ2) is 6.94. The van der Waals surface area contributed by atoms with Gasteiger partial charge in [-0.3, -0.25) is 4.79 Å². The lowest BCUT2D eigenvalue weighted by molar-refractivity contribution is -0.145. The van der Waals surface area contributed by atoms with Crippen molar-refractivity contribution < 1.29 is 19.7 Å². The Bertz CT molecular complexity index is 477. The molecule has 1 atom stereocenters. The van der Waals surface area contributed by atoms with Crippen LogP contribution in [0.4, 0.5) is 0 Å². The second-order valence-electron chi connectivity index (χ2n) is 6.08. The van der Waals surface area contributed by atoms with Gasteiger partial charge in [-0.05, 0) is 43.4 Å². The zero-order valence-corrected chi connectivity index (χ0v) is 12.5. The monoisotopic (exact) mass is 292 g/mol. The smallest absolute Gasteiger partial charge is 0.306 e. The highest BCUT2D eigenvalue weighted by atomic mass is 16.5. The van der Waals surface area contributed by atoms with E-state index in [0.29, 0.717) is 12.8 Å². The van der Waals surface area contributed by atoms with Crippen molar-refractivity contribution >= 4 is 5.97 Å². The molecule has 1 saturated carbocycles. The minimum atomic E-state index is -0.836. The first-order valence-electron chi connectivity index (χ1n) is 7.60. The van der Waals surface area contributed by atoms with Gasteiger partial charge >= 0.3 is 5.97 Å². The zero-order chi connectivity index (χ0) is 15.3. The number of rotatable bonds is 6. The van der Waals surface area contributed by atoms with E-state index in [1.807, 2.05) is 24.3 Å². The van der Waals surface area contributed by atoms with Crippen molar-refractivity contribution in [3.63, 3.8) is 0 Å². The van der Waals surface area contributed by atoms with Crippen molar-refractivity contribution in [1.82, 2.24) is 0 Å². The molecular weight excluding hydrogens is 268 g/mol. The lowest BCUT2D eigenvalue weighted by Gasteiger charge is -2.34. The Morgan fingerprint density at radius 3 is 2.67 bits per heavy atom. The van der Waals surface area contributed by atoms with Crippen LogP contribution in [0.3, 0.4) is 0 Å². The summed E-state index contributed by atoms with van der Waals surface area (Å²) in [6, 6.07) is 7.47. The van der Waals surface area contributed by atoms with Crippen LogP contribution in [0, 0.1) is 5.92 Å². The summed E-state index contributed by atoms with van der Waals surface area (Å²) in [4.78, 5) is 11.5. The molecule has 1 aliphatic rings. The first-order valence-corrected chi connectivity index (χ1v) is 7.60. The molecular formula is C17H24O4. The van der Waals surface area contributed by atoms with Crippen molar-refractivity contribution in [3.8, 4) is 5.75 Å². The SMILES string of the molecule is COc1cccc(CC(CC2(O)CCCCC2)C(=O)O)c1. The molecule has 0 spiro atoms. The molecule has 0 heterocycles.